The summed E-state index contributed by atoms with van der Waals surface area (Å²) in [5.74, 6) is -1.59. The number of hydrogen-bond donors (Lipinski definition) is 2. The molecule has 23 heavy (non-hydrogen) atoms. The molecule has 0 aliphatic carbocycles. The summed E-state index contributed by atoms with van der Waals surface area (Å²) in [6, 6.07) is 11.3. The molecule has 0 saturated heterocycles. The van der Waals surface area contributed by atoms with Crippen LogP contribution in [0.25, 0.3) is 0 Å². The second-order valence-electron chi connectivity index (χ2n) is 4.44. The molecule has 0 bridgehead atoms. The second kappa shape index (κ2) is 7.03. The van der Waals surface area contributed by atoms with Gasteiger partial charge in [-0.15, -0.1) is 0 Å². The first-order valence-electron chi connectivity index (χ1n) is 6.47. The first kappa shape index (κ1) is 16.0. The van der Waals surface area contributed by atoms with Gasteiger partial charge in [0.15, 0.2) is 12.4 Å². The van der Waals surface area contributed by atoms with Crippen LogP contribution in [0.5, 0.6) is 5.75 Å². The van der Waals surface area contributed by atoms with Gasteiger partial charge in [-0.1, -0.05) is 12.1 Å². The summed E-state index contributed by atoms with van der Waals surface area (Å²) in [5, 5.41) is 22.1. The van der Waals surface area contributed by atoms with Crippen LogP contribution in [-0.2, 0) is 4.79 Å². The lowest BCUT2D eigenvalue weighted by molar-refractivity contribution is -0.385. The van der Waals surface area contributed by atoms with Crippen molar-refractivity contribution in [2.24, 2.45) is 0 Å². The molecule has 0 aliphatic heterocycles. The summed E-state index contributed by atoms with van der Waals surface area (Å²) in [5.41, 5.74) is 0.261. The predicted octanol–water partition coefficient (Wildman–Crippen LogP) is 2.31. The van der Waals surface area contributed by atoms with E-state index in [-0.39, 0.29) is 17.0 Å². The Bertz CT molecular complexity index is 742. The van der Waals surface area contributed by atoms with Crippen LogP contribution >= 0.6 is 0 Å². The maximum Gasteiger partial charge on any atom is 0.335 e. The topological polar surface area (TPSA) is 119 Å². The third-order valence-electron chi connectivity index (χ3n) is 2.84. The number of nitrogens with one attached hydrogen (secondary N) is 1. The number of nitro groups is 1. The van der Waals surface area contributed by atoms with Crippen molar-refractivity contribution in [2.45, 2.75) is 0 Å². The van der Waals surface area contributed by atoms with Gasteiger partial charge in [0.25, 0.3) is 5.91 Å². The number of rotatable bonds is 6. The molecular formula is C15H12N2O6. The summed E-state index contributed by atoms with van der Waals surface area (Å²) in [6.07, 6.45) is 0. The number of carboxylic acids is 1. The van der Waals surface area contributed by atoms with E-state index in [1.165, 1.54) is 42.5 Å². The molecule has 0 fully saturated rings. The number of amides is 1. The van der Waals surface area contributed by atoms with Crippen molar-refractivity contribution in [1.82, 2.24) is 0 Å². The van der Waals surface area contributed by atoms with Gasteiger partial charge in [-0.2, -0.15) is 0 Å². The van der Waals surface area contributed by atoms with E-state index >= 15 is 0 Å². The van der Waals surface area contributed by atoms with E-state index in [9.17, 15) is 19.7 Å². The highest BCUT2D eigenvalue weighted by Crippen LogP contribution is 2.25. The molecule has 0 spiro atoms. The van der Waals surface area contributed by atoms with Crippen molar-refractivity contribution in [3.8, 4) is 5.75 Å². The van der Waals surface area contributed by atoms with Gasteiger partial charge in [-0.05, 0) is 30.3 Å². The lowest BCUT2D eigenvalue weighted by Gasteiger charge is -2.08. The summed E-state index contributed by atoms with van der Waals surface area (Å²) in [4.78, 5) is 32.7. The summed E-state index contributed by atoms with van der Waals surface area (Å²) < 4.78 is 5.15. The van der Waals surface area contributed by atoms with Crippen LogP contribution in [0.2, 0.25) is 0 Å². The summed E-state index contributed by atoms with van der Waals surface area (Å²) in [7, 11) is 0. The zero-order chi connectivity index (χ0) is 16.8. The van der Waals surface area contributed by atoms with Gasteiger partial charge in [0.2, 0.25) is 0 Å². The minimum absolute atomic E-state index is 0.00567. The molecule has 8 nitrogen and oxygen atoms in total. The monoisotopic (exact) mass is 316 g/mol. The fourth-order valence-corrected chi connectivity index (χ4v) is 1.77. The standard InChI is InChI=1S/C15H12N2O6/c18-14(16-11-7-5-10(6-8-11)15(19)20)9-23-13-4-2-1-3-12(13)17(21)22/h1-8H,9H2,(H,16,18)(H,19,20). The molecule has 0 saturated carbocycles. The average Bonchev–Trinajstić information content (AvgIpc) is 2.53. The van der Waals surface area contributed by atoms with Crippen LogP contribution in [0, 0.1) is 10.1 Å². The number of carbonyl (C=O) groups excluding carboxylic acids is 1. The molecule has 2 N–H and O–H groups in total. The maximum absolute atomic E-state index is 11.8. The molecule has 0 aliphatic rings. The van der Waals surface area contributed by atoms with Crippen molar-refractivity contribution < 1.29 is 24.4 Å². The molecule has 2 aromatic rings. The van der Waals surface area contributed by atoms with E-state index in [1.807, 2.05) is 0 Å². The molecule has 0 radical (unpaired) electrons. The largest absolute Gasteiger partial charge is 0.478 e. The first-order chi connectivity index (χ1) is 11.0. The predicted molar refractivity (Wildman–Crippen MR) is 80.6 cm³/mol. The van der Waals surface area contributed by atoms with Crippen LogP contribution in [0.3, 0.4) is 0 Å². The van der Waals surface area contributed by atoms with E-state index in [1.54, 1.807) is 6.07 Å². The maximum atomic E-state index is 11.8. The van der Waals surface area contributed by atoms with E-state index < -0.39 is 23.4 Å². The molecule has 0 unspecified atom stereocenters. The Morgan fingerprint density at radius 2 is 1.78 bits per heavy atom. The van der Waals surface area contributed by atoms with Crippen LogP contribution in [0.15, 0.2) is 48.5 Å². The number of hydrogen-bond acceptors (Lipinski definition) is 5. The Kier molecular flexibility index (Phi) is 4.88. The quantitative estimate of drug-likeness (QED) is 0.623. The van der Waals surface area contributed by atoms with Gasteiger partial charge in [0.1, 0.15) is 0 Å². The molecule has 1 amide bonds. The Hall–Kier alpha value is -3.42. The number of nitro benzene ring substituents is 1. The zero-order valence-electron chi connectivity index (χ0n) is 11.8. The number of carboxylic acid groups (broad SMARTS) is 1. The fourth-order valence-electron chi connectivity index (χ4n) is 1.77. The normalized spacial score (nSPS) is 9.91. The highest BCUT2D eigenvalue weighted by atomic mass is 16.6. The minimum atomic E-state index is -1.07. The van der Waals surface area contributed by atoms with E-state index in [4.69, 9.17) is 9.84 Å². The number of para-hydroxylation sites is 2. The molecule has 8 heteroatoms. The van der Waals surface area contributed by atoms with Crippen molar-refractivity contribution in [3.63, 3.8) is 0 Å². The molecule has 0 aromatic heterocycles. The lowest BCUT2D eigenvalue weighted by Crippen LogP contribution is -2.20. The van der Waals surface area contributed by atoms with E-state index in [0.717, 1.165) is 0 Å². The number of benzene rings is 2. The molecule has 118 valence electrons. The van der Waals surface area contributed by atoms with Gasteiger partial charge in [-0.25, -0.2) is 4.79 Å². The fraction of sp³-hybridized carbons (Fsp3) is 0.0667. The minimum Gasteiger partial charge on any atom is -0.478 e. The van der Waals surface area contributed by atoms with E-state index in [0.29, 0.717) is 5.69 Å². The SMILES string of the molecule is O=C(COc1ccccc1[N+](=O)[O-])Nc1ccc(C(=O)O)cc1. The highest BCUT2D eigenvalue weighted by molar-refractivity contribution is 5.93. The highest BCUT2D eigenvalue weighted by Gasteiger charge is 2.15. The Balaban J connectivity index is 1.95. The van der Waals surface area contributed by atoms with Gasteiger partial charge in [-0.3, -0.25) is 14.9 Å². The van der Waals surface area contributed by atoms with Gasteiger partial charge in [0.05, 0.1) is 10.5 Å². The number of anilines is 1. The smallest absolute Gasteiger partial charge is 0.335 e. The van der Waals surface area contributed by atoms with Crippen molar-refractivity contribution >= 4 is 23.3 Å². The average molecular weight is 316 g/mol. The van der Waals surface area contributed by atoms with Gasteiger partial charge >= 0.3 is 11.7 Å². The molecule has 0 heterocycles. The molecule has 2 aromatic carbocycles. The van der Waals surface area contributed by atoms with Crippen molar-refractivity contribution in [3.05, 3.63) is 64.2 Å². The Morgan fingerprint density at radius 3 is 2.39 bits per heavy atom. The number of nitrogens with zero attached hydrogens (tertiary/aromatic N) is 1. The van der Waals surface area contributed by atoms with Gasteiger partial charge < -0.3 is 15.2 Å². The molecule has 0 atom stereocenters. The third-order valence-corrected chi connectivity index (χ3v) is 2.84. The van der Waals surface area contributed by atoms with Crippen molar-refractivity contribution in [1.29, 1.82) is 0 Å². The number of aromatic carboxylic acids is 1. The summed E-state index contributed by atoms with van der Waals surface area (Å²) >= 11 is 0. The Labute approximate surface area is 130 Å². The summed E-state index contributed by atoms with van der Waals surface area (Å²) in [6.45, 7) is -0.411. The van der Waals surface area contributed by atoms with E-state index in [2.05, 4.69) is 5.32 Å². The van der Waals surface area contributed by atoms with Crippen LogP contribution < -0.4 is 10.1 Å². The number of ether oxygens (including phenoxy) is 1. The zero-order valence-corrected chi connectivity index (χ0v) is 11.8. The first-order valence-corrected chi connectivity index (χ1v) is 6.47. The lowest BCUT2D eigenvalue weighted by atomic mass is 10.2. The van der Waals surface area contributed by atoms with Crippen molar-refractivity contribution in [2.75, 3.05) is 11.9 Å². The second-order valence-corrected chi connectivity index (χ2v) is 4.44. The van der Waals surface area contributed by atoms with Gasteiger partial charge in [0, 0.05) is 11.8 Å². The third kappa shape index (κ3) is 4.27. The van der Waals surface area contributed by atoms with Crippen LogP contribution in [0.4, 0.5) is 11.4 Å². The molecule has 2 rings (SSSR count). The Morgan fingerprint density at radius 1 is 1.13 bits per heavy atom. The molecular weight excluding hydrogens is 304 g/mol. The van der Waals surface area contributed by atoms with Crippen LogP contribution in [-0.4, -0.2) is 28.5 Å². The van der Waals surface area contributed by atoms with Crippen LogP contribution in [0.1, 0.15) is 10.4 Å². The number of carbonyl (C=O) groups is 2.